The van der Waals surface area contributed by atoms with Gasteiger partial charge in [-0.15, -0.1) is 0 Å². The van der Waals surface area contributed by atoms with Gasteiger partial charge < -0.3 is 14.8 Å². The van der Waals surface area contributed by atoms with Gasteiger partial charge in [0.1, 0.15) is 18.8 Å². The monoisotopic (exact) mass is 365 g/mol. The van der Waals surface area contributed by atoms with Crippen molar-refractivity contribution in [2.75, 3.05) is 20.8 Å². The van der Waals surface area contributed by atoms with Crippen LogP contribution in [0.5, 0.6) is 5.75 Å². The summed E-state index contributed by atoms with van der Waals surface area (Å²) in [7, 11) is 2.63. The molecule has 0 spiro atoms. The molecule has 8 nitrogen and oxygen atoms in total. The van der Waals surface area contributed by atoms with Gasteiger partial charge in [0.25, 0.3) is 5.56 Å². The normalized spacial score (nSPS) is 10.2. The number of hydrogen-bond acceptors (Lipinski definition) is 6. The summed E-state index contributed by atoms with van der Waals surface area (Å²) in [5, 5.41) is 7.09. The Labute approximate surface area is 148 Å². The Morgan fingerprint density at radius 2 is 1.92 bits per heavy atom. The minimum absolute atomic E-state index is 0.276. The topological polar surface area (TPSA) is 99.5 Å². The number of benzene rings is 1. The van der Waals surface area contributed by atoms with Crippen molar-refractivity contribution in [1.82, 2.24) is 15.1 Å². The Morgan fingerprint density at radius 1 is 1.24 bits per heavy atom. The Kier molecular flexibility index (Phi) is 6.13. The highest BCUT2D eigenvalue weighted by Crippen LogP contribution is 2.26. The predicted octanol–water partition coefficient (Wildman–Crippen LogP) is 0.861. The van der Waals surface area contributed by atoms with Crippen LogP contribution in [0.4, 0.5) is 0 Å². The third kappa shape index (κ3) is 4.80. The number of carbonyl (C=O) groups excluding carboxylic acids is 2. The number of carbonyl (C=O) groups is 2. The van der Waals surface area contributed by atoms with Crippen molar-refractivity contribution < 1.29 is 19.1 Å². The summed E-state index contributed by atoms with van der Waals surface area (Å²) >= 11 is 5.87. The van der Waals surface area contributed by atoms with Crippen molar-refractivity contribution in [2.45, 2.75) is 6.54 Å². The molecule has 25 heavy (non-hydrogen) atoms. The summed E-state index contributed by atoms with van der Waals surface area (Å²) in [4.78, 5) is 35.0. The first-order valence-corrected chi connectivity index (χ1v) is 7.58. The minimum Gasteiger partial charge on any atom is -0.494 e. The molecule has 0 atom stereocenters. The summed E-state index contributed by atoms with van der Waals surface area (Å²) < 4.78 is 10.6. The summed E-state index contributed by atoms with van der Waals surface area (Å²) in [6.45, 7) is -0.634. The molecule has 1 aromatic heterocycles. The van der Waals surface area contributed by atoms with Gasteiger partial charge in [-0.3, -0.25) is 14.4 Å². The van der Waals surface area contributed by atoms with E-state index in [0.29, 0.717) is 16.3 Å². The number of hydrogen-bond donors (Lipinski definition) is 1. The lowest BCUT2D eigenvalue weighted by molar-refractivity contribution is -0.141. The molecule has 1 aromatic carbocycles. The maximum absolute atomic E-state index is 12.1. The van der Waals surface area contributed by atoms with E-state index >= 15 is 0 Å². The SMILES string of the molecule is COC(=O)CNC(=O)Cn1nc(-c2ccc(Cl)cc2)c(OC)cc1=O. The van der Waals surface area contributed by atoms with E-state index in [1.165, 1.54) is 20.3 Å². The molecule has 2 rings (SSSR count). The van der Waals surface area contributed by atoms with Crippen LogP contribution in [0, 0.1) is 0 Å². The van der Waals surface area contributed by atoms with Crippen LogP contribution in [0.15, 0.2) is 35.1 Å². The zero-order chi connectivity index (χ0) is 18.4. The van der Waals surface area contributed by atoms with E-state index in [-0.39, 0.29) is 18.8 Å². The maximum Gasteiger partial charge on any atom is 0.325 e. The van der Waals surface area contributed by atoms with Gasteiger partial charge in [-0.25, -0.2) is 4.68 Å². The standard InChI is InChI=1S/C16H16ClN3O5/c1-24-12-7-14(22)20(9-13(21)18-8-15(23)25-2)19-16(12)10-3-5-11(17)6-4-10/h3-7H,8-9H2,1-2H3,(H,18,21). The lowest BCUT2D eigenvalue weighted by atomic mass is 10.1. The second kappa shape index (κ2) is 8.29. The molecule has 1 amide bonds. The molecular formula is C16H16ClN3O5. The lowest BCUT2D eigenvalue weighted by Gasteiger charge is -2.11. The second-order valence-corrected chi connectivity index (χ2v) is 5.35. The van der Waals surface area contributed by atoms with Crippen LogP contribution in [-0.2, 0) is 20.9 Å². The lowest BCUT2D eigenvalue weighted by Crippen LogP contribution is -2.36. The number of ether oxygens (including phenoxy) is 2. The van der Waals surface area contributed by atoms with Gasteiger partial charge in [0.2, 0.25) is 5.91 Å². The molecule has 0 aliphatic carbocycles. The summed E-state index contributed by atoms with van der Waals surface area (Å²) in [6.07, 6.45) is 0. The number of methoxy groups -OCH3 is 2. The zero-order valence-electron chi connectivity index (χ0n) is 13.6. The maximum atomic E-state index is 12.1. The van der Waals surface area contributed by atoms with Crippen LogP contribution < -0.4 is 15.6 Å². The molecule has 9 heteroatoms. The second-order valence-electron chi connectivity index (χ2n) is 4.92. The van der Waals surface area contributed by atoms with E-state index < -0.39 is 17.4 Å². The Morgan fingerprint density at radius 3 is 2.52 bits per heavy atom. The molecule has 0 fully saturated rings. The first-order valence-electron chi connectivity index (χ1n) is 7.20. The molecule has 0 saturated carbocycles. The summed E-state index contributed by atoms with van der Waals surface area (Å²) in [5.74, 6) is -0.865. The van der Waals surface area contributed by atoms with Crippen molar-refractivity contribution >= 4 is 23.5 Å². The molecule has 0 saturated heterocycles. The van der Waals surface area contributed by atoms with Crippen LogP contribution in [-0.4, -0.2) is 42.4 Å². The highest BCUT2D eigenvalue weighted by atomic mass is 35.5. The number of halogens is 1. The van der Waals surface area contributed by atoms with Gasteiger partial charge in [0, 0.05) is 16.7 Å². The van der Waals surface area contributed by atoms with Crippen LogP contribution in [0.3, 0.4) is 0 Å². The van der Waals surface area contributed by atoms with Crippen molar-refractivity contribution in [3.63, 3.8) is 0 Å². The van der Waals surface area contributed by atoms with Gasteiger partial charge in [0.15, 0.2) is 5.75 Å². The molecular weight excluding hydrogens is 350 g/mol. The highest BCUT2D eigenvalue weighted by molar-refractivity contribution is 6.30. The fourth-order valence-electron chi connectivity index (χ4n) is 1.99. The fourth-order valence-corrected chi connectivity index (χ4v) is 2.11. The molecule has 0 aliphatic rings. The van der Waals surface area contributed by atoms with Crippen LogP contribution in [0.25, 0.3) is 11.3 Å². The van der Waals surface area contributed by atoms with E-state index in [4.69, 9.17) is 16.3 Å². The Hall–Kier alpha value is -2.87. The molecule has 0 aliphatic heterocycles. The number of nitrogens with one attached hydrogen (secondary N) is 1. The van der Waals surface area contributed by atoms with Gasteiger partial charge in [-0.2, -0.15) is 5.10 Å². The average Bonchev–Trinajstić information content (AvgIpc) is 2.61. The molecule has 0 unspecified atom stereocenters. The van der Waals surface area contributed by atoms with Gasteiger partial charge in [0.05, 0.1) is 14.2 Å². The number of rotatable bonds is 6. The van der Waals surface area contributed by atoms with Crippen molar-refractivity contribution in [3.05, 3.63) is 45.7 Å². The van der Waals surface area contributed by atoms with Crippen LogP contribution in [0.1, 0.15) is 0 Å². The average molecular weight is 366 g/mol. The molecule has 0 bridgehead atoms. The molecule has 2 aromatic rings. The third-order valence-electron chi connectivity index (χ3n) is 3.25. The van der Waals surface area contributed by atoms with E-state index in [9.17, 15) is 14.4 Å². The third-order valence-corrected chi connectivity index (χ3v) is 3.50. The van der Waals surface area contributed by atoms with Crippen LogP contribution in [0.2, 0.25) is 5.02 Å². The zero-order valence-corrected chi connectivity index (χ0v) is 14.4. The minimum atomic E-state index is -0.592. The van der Waals surface area contributed by atoms with Crippen molar-refractivity contribution in [1.29, 1.82) is 0 Å². The van der Waals surface area contributed by atoms with Crippen molar-refractivity contribution in [3.8, 4) is 17.0 Å². The molecule has 132 valence electrons. The molecule has 1 heterocycles. The smallest absolute Gasteiger partial charge is 0.325 e. The molecule has 1 N–H and O–H groups in total. The number of aromatic nitrogens is 2. The largest absolute Gasteiger partial charge is 0.494 e. The van der Waals surface area contributed by atoms with Gasteiger partial charge in [-0.1, -0.05) is 23.7 Å². The highest BCUT2D eigenvalue weighted by Gasteiger charge is 2.14. The van der Waals surface area contributed by atoms with Crippen molar-refractivity contribution in [2.24, 2.45) is 0 Å². The number of amides is 1. The van der Waals surface area contributed by atoms with E-state index in [0.717, 1.165) is 4.68 Å². The first-order chi connectivity index (χ1) is 11.9. The summed E-state index contributed by atoms with van der Waals surface area (Å²) in [5.41, 5.74) is 0.548. The Balaban J connectivity index is 2.28. The first kappa shape index (κ1) is 18.5. The van der Waals surface area contributed by atoms with E-state index in [1.807, 2.05) is 0 Å². The van der Waals surface area contributed by atoms with Gasteiger partial charge >= 0.3 is 5.97 Å². The molecule has 0 radical (unpaired) electrons. The Bertz CT molecular complexity index is 833. The number of nitrogens with zero attached hydrogens (tertiary/aromatic N) is 2. The number of esters is 1. The fraction of sp³-hybridized carbons (Fsp3) is 0.250. The van der Waals surface area contributed by atoms with E-state index in [2.05, 4.69) is 15.2 Å². The summed E-state index contributed by atoms with van der Waals surface area (Å²) in [6, 6.07) is 8.04. The quantitative estimate of drug-likeness (QED) is 0.762. The predicted molar refractivity (Wildman–Crippen MR) is 90.5 cm³/mol. The van der Waals surface area contributed by atoms with E-state index in [1.54, 1.807) is 24.3 Å². The van der Waals surface area contributed by atoms with Crippen LogP contribution >= 0.6 is 11.6 Å². The van der Waals surface area contributed by atoms with Gasteiger partial charge in [-0.05, 0) is 12.1 Å².